The second kappa shape index (κ2) is 6.37. The van der Waals surface area contributed by atoms with Gasteiger partial charge in [-0.15, -0.1) is 11.3 Å². The van der Waals surface area contributed by atoms with Crippen LogP contribution in [0, 0.1) is 6.92 Å². The van der Waals surface area contributed by atoms with Gasteiger partial charge in [0.15, 0.2) is 0 Å². The van der Waals surface area contributed by atoms with Crippen LogP contribution in [0.1, 0.15) is 20.9 Å². The van der Waals surface area contributed by atoms with Crippen molar-refractivity contribution >= 4 is 23.2 Å². The van der Waals surface area contributed by atoms with Gasteiger partial charge in [0.05, 0.1) is 5.69 Å². The van der Waals surface area contributed by atoms with Crippen LogP contribution in [0.5, 0.6) is 0 Å². The molecular formula is C14H11F3N2O3S. The molecule has 0 saturated heterocycles. The van der Waals surface area contributed by atoms with E-state index in [1.54, 1.807) is 36.5 Å². The average molecular weight is 344 g/mol. The number of thiazole rings is 1. The minimum Gasteiger partial charge on any atom is -0.477 e. The lowest BCUT2D eigenvalue weighted by Gasteiger charge is -2.08. The van der Waals surface area contributed by atoms with E-state index in [0.717, 1.165) is 11.3 Å². The first-order valence-corrected chi connectivity index (χ1v) is 7.15. The molecule has 1 aromatic carbocycles. The number of carboxylic acid groups (broad SMARTS) is 1. The van der Waals surface area contributed by atoms with Crippen LogP contribution in [0.3, 0.4) is 0 Å². The summed E-state index contributed by atoms with van der Waals surface area (Å²) in [5, 5.41) is 11.2. The lowest BCUT2D eigenvalue weighted by Crippen LogP contribution is -2.36. The molecule has 2 aromatic rings. The third kappa shape index (κ3) is 4.07. The summed E-state index contributed by atoms with van der Waals surface area (Å²) in [4.78, 5) is 26.1. The molecule has 5 nitrogen and oxygen atoms in total. The molecule has 0 spiro atoms. The number of aromatic carboxylic acids is 1. The van der Waals surface area contributed by atoms with Crippen LogP contribution >= 0.6 is 11.3 Å². The Morgan fingerprint density at radius 2 is 2.04 bits per heavy atom. The minimum absolute atomic E-state index is 0.107. The van der Waals surface area contributed by atoms with Crippen LogP contribution in [0.4, 0.5) is 13.2 Å². The second-order valence-corrected chi connectivity index (χ2v) is 5.62. The molecule has 122 valence electrons. The number of nitrogens with zero attached hydrogens (tertiary/aromatic N) is 1. The average Bonchev–Trinajstić information content (AvgIpc) is 2.86. The summed E-state index contributed by atoms with van der Waals surface area (Å²) in [5.41, 5.74) is 1.39. The fraction of sp³-hybridized carbons (Fsp3) is 0.214. The third-order valence-corrected chi connectivity index (χ3v) is 4.07. The topological polar surface area (TPSA) is 79.3 Å². The number of hydrogen-bond acceptors (Lipinski definition) is 4. The smallest absolute Gasteiger partial charge is 0.471 e. The number of carbonyl (C=O) groups excluding carboxylic acids is 1. The summed E-state index contributed by atoms with van der Waals surface area (Å²) < 4.78 is 36.4. The Bertz CT molecular complexity index is 756. The highest BCUT2D eigenvalue weighted by Gasteiger charge is 2.38. The number of alkyl halides is 3. The SMILES string of the molecule is Cc1nc(-c2cccc(CNC(=O)C(F)(F)F)c2)sc1C(=O)O. The van der Waals surface area contributed by atoms with Crippen molar-refractivity contribution in [3.8, 4) is 10.6 Å². The van der Waals surface area contributed by atoms with E-state index in [0.29, 0.717) is 21.8 Å². The Balaban J connectivity index is 2.19. The fourth-order valence-electron chi connectivity index (χ4n) is 1.82. The molecular weight excluding hydrogens is 333 g/mol. The van der Waals surface area contributed by atoms with Crippen molar-refractivity contribution in [2.24, 2.45) is 0 Å². The Labute approximate surface area is 132 Å². The quantitative estimate of drug-likeness (QED) is 0.894. The van der Waals surface area contributed by atoms with Gasteiger partial charge < -0.3 is 10.4 Å². The molecule has 0 aliphatic carbocycles. The number of rotatable bonds is 4. The van der Waals surface area contributed by atoms with Crippen LogP contribution in [0.2, 0.25) is 0 Å². The molecule has 0 aliphatic heterocycles. The minimum atomic E-state index is -4.93. The van der Waals surface area contributed by atoms with Crippen LogP contribution in [0.15, 0.2) is 24.3 Å². The zero-order chi connectivity index (χ0) is 17.2. The van der Waals surface area contributed by atoms with Gasteiger partial charge in [-0.25, -0.2) is 9.78 Å². The summed E-state index contributed by atoms with van der Waals surface area (Å²) in [6, 6.07) is 6.37. The summed E-state index contributed by atoms with van der Waals surface area (Å²) in [6.07, 6.45) is -4.93. The Morgan fingerprint density at radius 3 is 2.61 bits per heavy atom. The lowest BCUT2D eigenvalue weighted by atomic mass is 10.1. The van der Waals surface area contributed by atoms with E-state index < -0.39 is 18.1 Å². The molecule has 0 fully saturated rings. The van der Waals surface area contributed by atoms with E-state index in [1.165, 1.54) is 0 Å². The molecule has 1 amide bonds. The van der Waals surface area contributed by atoms with Gasteiger partial charge in [0.1, 0.15) is 9.88 Å². The molecule has 2 rings (SSSR count). The van der Waals surface area contributed by atoms with Crippen LogP contribution < -0.4 is 5.32 Å². The van der Waals surface area contributed by atoms with E-state index in [2.05, 4.69) is 4.98 Å². The highest BCUT2D eigenvalue weighted by Crippen LogP contribution is 2.28. The molecule has 0 radical (unpaired) electrons. The predicted octanol–water partition coefficient (Wildman–Crippen LogP) is 3.00. The van der Waals surface area contributed by atoms with Crippen molar-refractivity contribution < 1.29 is 27.9 Å². The van der Waals surface area contributed by atoms with E-state index >= 15 is 0 Å². The molecule has 0 unspecified atom stereocenters. The Hall–Kier alpha value is -2.42. The van der Waals surface area contributed by atoms with Gasteiger partial charge in [-0.1, -0.05) is 18.2 Å². The molecule has 0 aliphatic rings. The van der Waals surface area contributed by atoms with Crippen molar-refractivity contribution in [2.75, 3.05) is 0 Å². The Morgan fingerprint density at radius 1 is 1.35 bits per heavy atom. The third-order valence-electron chi connectivity index (χ3n) is 2.88. The monoisotopic (exact) mass is 344 g/mol. The van der Waals surface area contributed by atoms with Crippen LogP contribution in [-0.4, -0.2) is 28.1 Å². The molecule has 0 saturated carbocycles. The molecule has 0 atom stereocenters. The highest BCUT2D eigenvalue weighted by atomic mass is 32.1. The molecule has 0 bridgehead atoms. The maximum absolute atomic E-state index is 12.1. The standard InChI is InChI=1S/C14H11F3N2O3S/c1-7-10(12(20)21)23-11(19-7)9-4-2-3-8(5-9)6-18-13(22)14(15,16)17/h2-5H,6H2,1H3,(H,18,22)(H,20,21). The van der Waals surface area contributed by atoms with Gasteiger partial charge in [-0.3, -0.25) is 4.79 Å². The molecule has 1 heterocycles. The van der Waals surface area contributed by atoms with Gasteiger partial charge >= 0.3 is 18.1 Å². The van der Waals surface area contributed by atoms with Crippen molar-refractivity contribution in [3.63, 3.8) is 0 Å². The van der Waals surface area contributed by atoms with Gasteiger partial charge in [0, 0.05) is 12.1 Å². The van der Waals surface area contributed by atoms with Gasteiger partial charge in [0.2, 0.25) is 0 Å². The second-order valence-electron chi connectivity index (χ2n) is 4.62. The lowest BCUT2D eigenvalue weighted by molar-refractivity contribution is -0.173. The van der Waals surface area contributed by atoms with E-state index in [1.807, 2.05) is 0 Å². The predicted molar refractivity (Wildman–Crippen MR) is 77.1 cm³/mol. The van der Waals surface area contributed by atoms with Gasteiger partial charge in [-0.2, -0.15) is 13.2 Å². The van der Waals surface area contributed by atoms with Crippen molar-refractivity contribution in [1.82, 2.24) is 10.3 Å². The summed E-state index contributed by atoms with van der Waals surface area (Å²) in [6.45, 7) is 1.28. The van der Waals surface area contributed by atoms with E-state index in [-0.39, 0.29) is 11.4 Å². The molecule has 9 heteroatoms. The zero-order valence-corrected chi connectivity index (χ0v) is 12.6. The largest absolute Gasteiger partial charge is 0.477 e. The number of amides is 1. The first kappa shape index (κ1) is 16.9. The van der Waals surface area contributed by atoms with Crippen molar-refractivity contribution in [2.45, 2.75) is 19.6 Å². The fourth-order valence-corrected chi connectivity index (χ4v) is 2.72. The maximum Gasteiger partial charge on any atom is 0.471 e. The van der Waals surface area contributed by atoms with Crippen molar-refractivity contribution in [1.29, 1.82) is 0 Å². The number of carbonyl (C=O) groups is 2. The normalized spacial score (nSPS) is 11.3. The van der Waals surface area contributed by atoms with E-state index in [4.69, 9.17) is 5.11 Å². The molecule has 23 heavy (non-hydrogen) atoms. The molecule has 1 aromatic heterocycles. The van der Waals surface area contributed by atoms with E-state index in [9.17, 15) is 22.8 Å². The summed E-state index contributed by atoms with van der Waals surface area (Å²) in [7, 11) is 0. The van der Waals surface area contributed by atoms with Gasteiger partial charge in [-0.05, 0) is 18.6 Å². The highest BCUT2D eigenvalue weighted by molar-refractivity contribution is 7.17. The number of halogens is 3. The summed E-state index contributed by atoms with van der Waals surface area (Å²) >= 11 is 0.980. The molecule has 2 N–H and O–H groups in total. The summed E-state index contributed by atoms with van der Waals surface area (Å²) in [5.74, 6) is -3.10. The first-order chi connectivity index (χ1) is 10.7. The zero-order valence-electron chi connectivity index (χ0n) is 11.8. The van der Waals surface area contributed by atoms with Crippen molar-refractivity contribution in [3.05, 3.63) is 40.4 Å². The first-order valence-electron chi connectivity index (χ1n) is 6.33. The van der Waals surface area contributed by atoms with Crippen LogP contribution in [-0.2, 0) is 11.3 Å². The van der Waals surface area contributed by atoms with Crippen LogP contribution in [0.25, 0.3) is 10.6 Å². The Kier molecular flexibility index (Phi) is 4.69. The number of hydrogen-bond donors (Lipinski definition) is 2. The number of nitrogens with one attached hydrogen (secondary N) is 1. The number of aromatic nitrogens is 1. The number of benzene rings is 1. The number of carboxylic acids is 1. The number of aryl methyl sites for hydroxylation is 1. The maximum atomic E-state index is 12.1. The van der Waals surface area contributed by atoms with Gasteiger partial charge in [0.25, 0.3) is 0 Å².